The van der Waals surface area contributed by atoms with E-state index >= 15 is 0 Å². The molecule has 5 heteroatoms. The first kappa shape index (κ1) is 10.8. The zero-order valence-corrected chi connectivity index (χ0v) is 8.98. The summed E-state index contributed by atoms with van der Waals surface area (Å²) in [6, 6.07) is 0. The van der Waals surface area contributed by atoms with Crippen molar-refractivity contribution in [3.8, 4) is 0 Å². The van der Waals surface area contributed by atoms with Crippen molar-refractivity contribution in [1.82, 2.24) is 0 Å². The Hall–Kier alpha value is -0.680. The molecule has 2 aliphatic rings. The van der Waals surface area contributed by atoms with Crippen LogP contribution >= 0.6 is 0 Å². The van der Waals surface area contributed by atoms with Crippen LogP contribution in [0.2, 0.25) is 0 Å². The third kappa shape index (κ3) is 2.46. The molecule has 0 bridgehead atoms. The number of hydrogen-bond donors (Lipinski definition) is 0. The molecule has 1 heterocycles. The van der Waals surface area contributed by atoms with Crippen molar-refractivity contribution in [3.63, 3.8) is 0 Å². The molecule has 1 aliphatic heterocycles. The van der Waals surface area contributed by atoms with Gasteiger partial charge in [-0.05, 0) is 12.3 Å². The molecule has 1 saturated heterocycles. The molecule has 2 fully saturated rings. The molecule has 1 spiro atoms. The third-order valence-electron chi connectivity index (χ3n) is 3.22. The number of nitro groups is 1. The largest absolute Gasteiger partial charge is 0.348 e. The number of nitrogens with zero attached hydrogens (tertiary/aromatic N) is 1. The van der Waals surface area contributed by atoms with Crippen LogP contribution in [-0.2, 0) is 9.47 Å². The maximum atomic E-state index is 10.5. The summed E-state index contributed by atoms with van der Waals surface area (Å²) >= 11 is 0. The van der Waals surface area contributed by atoms with Gasteiger partial charge in [0, 0.05) is 23.7 Å². The van der Waals surface area contributed by atoms with Crippen LogP contribution in [0.25, 0.3) is 0 Å². The van der Waals surface area contributed by atoms with Gasteiger partial charge in [0.25, 0.3) is 0 Å². The van der Waals surface area contributed by atoms with E-state index in [1.165, 1.54) is 0 Å². The molecular formula is C10H17NO4. The van der Waals surface area contributed by atoms with Crippen LogP contribution in [0, 0.1) is 22.0 Å². The van der Waals surface area contributed by atoms with Crippen molar-refractivity contribution < 1.29 is 14.4 Å². The van der Waals surface area contributed by atoms with Gasteiger partial charge in [0.15, 0.2) is 5.79 Å². The van der Waals surface area contributed by atoms with Gasteiger partial charge >= 0.3 is 0 Å². The first-order chi connectivity index (χ1) is 7.10. The monoisotopic (exact) mass is 215 g/mol. The lowest BCUT2D eigenvalue weighted by molar-refractivity contribution is -0.491. The molecule has 0 N–H and O–H groups in total. The second-order valence-corrected chi connectivity index (χ2v) is 4.74. The Bertz CT molecular complexity index is 250. The average molecular weight is 215 g/mol. The molecule has 2 atom stereocenters. The van der Waals surface area contributed by atoms with E-state index in [2.05, 4.69) is 6.92 Å². The molecule has 1 saturated carbocycles. The summed E-state index contributed by atoms with van der Waals surface area (Å²) in [5.74, 6) is 0.0434. The maximum Gasteiger partial charge on any atom is 0.206 e. The molecular weight excluding hydrogens is 198 g/mol. The molecule has 5 nitrogen and oxygen atoms in total. The Balaban J connectivity index is 2.00. The highest BCUT2D eigenvalue weighted by atomic mass is 16.7. The van der Waals surface area contributed by atoms with E-state index in [-0.39, 0.29) is 17.4 Å². The molecule has 0 amide bonds. The minimum Gasteiger partial charge on any atom is -0.348 e. The summed E-state index contributed by atoms with van der Waals surface area (Å²) in [7, 11) is 0. The molecule has 0 aromatic carbocycles. The van der Waals surface area contributed by atoms with Gasteiger partial charge in [-0.15, -0.1) is 0 Å². The molecule has 86 valence electrons. The van der Waals surface area contributed by atoms with Gasteiger partial charge in [0.05, 0.1) is 13.2 Å². The Morgan fingerprint density at radius 2 is 2.07 bits per heavy atom. The number of hydrogen-bond acceptors (Lipinski definition) is 4. The van der Waals surface area contributed by atoms with Crippen LogP contribution in [-0.4, -0.2) is 30.5 Å². The van der Waals surface area contributed by atoms with Crippen molar-refractivity contribution in [2.24, 2.45) is 11.8 Å². The first-order valence-electron chi connectivity index (χ1n) is 5.49. The fraction of sp³-hybridized carbons (Fsp3) is 1.00. The van der Waals surface area contributed by atoms with E-state index in [1.807, 2.05) is 0 Å². The van der Waals surface area contributed by atoms with Crippen LogP contribution in [0.4, 0.5) is 0 Å². The summed E-state index contributed by atoms with van der Waals surface area (Å²) in [6.45, 7) is 3.40. The highest BCUT2D eigenvalue weighted by Gasteiger charge is 2.45. The lowest BCUT2D eigenvalue weighted by atomic mass is 9.78. The van der Waals surface area contributed by atoms with Gasteiger partial charge in [0.1, 0.15) is 0 Å². The highest BCUT2D eigenvalue weighted by molar-refractivity contribution is 4.86. The van der Waals surface area contributed by atoms with Gasteiger partial charge in [0.2, 0.25) is 6.54 Å². The molecule has 2 rings (SSSR count). The fourth-order valence-corrected chi connectivity index (χ4v) is 2.87. The van der Waals surface area contributed by atoms with E-state index in [4.69, 9.17) is 9.47 Å². The Morgan fingerprint density at radius 1 is 1.40 bits per heavy atom. The number of ether oxygens (including phenoxy) is 2. The SMILES string of the molecule is C[C@H]1C[C@@H](C[N+](=O)[O-])CC2(C1)OCCO2. The van der Waals surface area contributed by atoms with Crippen LogP contribution < -0.4 is 0 Å². The molecule has 15 heavy (non-hydrogen) atoms. The lowest BCUT2D eigenvalue weighted by Gasteiger charge is -2.38. The van der Waals surface area contributed by atoms with E-state index in [0.29, 0.717) is 25.6 Å². The molecule has 1 aliphatic carbocycles. The van der Waals surface area contributed by atoms with Crippen molar-refractivity contribution in [3.05, 3.63) is 10.1 Å². The molecule has 0 unspecified atom stereocenters. The Labute approximate surface area is 88.9 Å². The standard InChI is InChI=1S/C10H17NO4/c1-8-4-9(7-11(12)13)6-10(5-8)14-2-3-15-10/h8-9H,2-7H2,1H3/t8-,9+/m0/s1. The smallest absolute Gasteiger partial charge is 0.206 e. The Morgan fingerprint density at radius 3 is 2.67 bits per heavy atom. The second kappa shape index (κ2) is 4.06. The van der Waals surface area contributed by atoms with E-state index in [0.717, 1.165) is 12.8 Å². The predicted molar refractivity (Wildman–Crippen MR) is 53.0 cm³/mol. The van der Waals surface area contributed by atoms with Crippen LogP contribution in [0.1, 0.15) is 26.2 Å². The second-order valence-electron chi connectivity index (χ2n) is 4.74. The van der Waals surface area contributed by atoms with Crippen molar-refractivity contribution in [1.29, 1.82) is 0 Å². The van der Waals surface area contributed by atoms with Crippen LogP contribution in [0.5, 0.6) is 0 Å². The first-order valence-corrected chi connectivity index (χ1v) is 5.49. The van der Waals surface area contributed by atoms with Crippen molar-refractivity contribution in [2.75, 3.05) is 19.8 Å². The van der Waals surface area contributed by atoms with Crippen LogP contribution in [0.15, 0.2) is 0 Å². The van der Waals surface area contributed by atoms with Gasteiger partial charge in [-0.2, -0.15) is 0 Å². The van der Waals surface area contributed by atoms with Gasteiger partial charge in [-0.3, -0.25) is 10.1 Å². The zero-order valence-electron chi connectivity index (χ0n) is 8.98. The Kier molecular flexibility index (Phi) is 2.93. The van der Waals surface area contributed by atoms with Gasteiger partial charge < -0.3 is 9.47 Å². The normalized spacial score (nSPS) is 34.5. The zero-order chi connectivity index (χ0) is 10.9. The van der Waals surface area contributed by atoms with Crippen LogP contribution in [0.3, 0.4) is 0 Å². The highest BCUT2D eigenvalue weighted by Crippen LogP contribution is 2.41. The average Bonchev–Trinajstić information content (AvgIpc) is 2.49. The minimum absolute atomic E-state index is 0.0405. The quantitative estimate of drug-likeness (QED) is 0.516. The molecule has 0 radical (unpaired) electrons. The third-order valence-corrected chi connectivity index (χ3v) is 3.22. The summed E-state index contributed by atoms with van der Waals surface area (Å²) in [5, 5.41) is 10.5. The minimum atomic E-state index is -0.502. The summed E-state index contributed by atoms with van der Waals surface area (Å²) < 4.78 is 11.2. The van der Waals surface area contributed by atoms with Crippen molar-refractivity contribution in [2.45, 2.75) is 32.0 Å². The lowest BCUT2D eigenvalue weighted by Crippen LogP contribution is -2.41. The maximum absolute atomic E-state index is 10.5. The van der Waals surface area contributed by atoms with E-state index in [1.54, 1.807) is 0 Å². The van der Waals surface area contributed by atoms with E-state index < -0.39 is 5.79 Å². The summed E-state index contributed by atoms with van der Waals surface area (Å²) in [4.78, 5) is 10.3. The topological polar surface area (TPSA) is 61.6 Å². The van der Waals surface area contributed by atoms with Gasteiger partial charge in [-0.25, -0.2) is 0 Å². The summed E-state index contributed by atoms with van der Waals surface area (Å²) in [6.07, 6.45) is 2.47. The van der Waals surface area contributed by atoms with Gasteiger partial charge in [-0.1, -0.05) is 6.92 Å². The van der Waals surface area contributed by atoms with E-state index in [9.17, 15) is 10.1 Å². The van der Waals surface area contributed by atoms with Crippen molar-refractivity contribution >= 4 is 0 Å². The predicted octanol–water partition coefficient (Wildman–Crippen LogP) is 1.44. The molecule has 0 aromatic rings. The fourth-order valence-electron chi connectivity index (χ4n) is 2.87. The number of rotatable bonds is 2. The molecule has 0 aromatic heterocycles. The summed E-state index contributed by atoms with van der Waals surface area (Å²) in [5.41, 5.74) is 0.